The number of fused-ring (bicyclic) bond motifs is 1. The highest BCUT2D eigenvalue weighted by molar-refractivity contribution is 5.92. The minimum absolute atomic E-state index is 0.0298. The zero-order valence-corrected chi connectivity index (χ0v) is 13.9. The average molecular weight is 326 g/mol. The maximum atomic E-state index is 13.0. The Balaban J connectivity index is 1.59. The summed E-state index contributed by atoms with van der Waals surface area (Å²) in [7, 11) is 1.67. The van der Waals surface area contributed by atoms with E-state index in [-0.39, 0.29) is 11.9 Å². The van der Waals surface area contributed by atoms with Gasteiger partial charge in [0, 0.05) is 25.8 Å². The van der Waals surface area contributed by atoms with Gasteiger partial charge in [-0.2, -0.15) is 0 Å². The Labute approximate surface area is 141 Å². The van der Waals surface area contributed by atoms with Crippen molar-refractivity contribution >= 4 is 5.91 Å². The molecule has 1 amide bonds. The molecule has 0 spiro atoms. The highest BCUT2D eigenvalue weighted by Crippen LogP contribution is 2.34. The van der Waals surface area contributed by atoms with Crippen LogP contribution in [0.4, 0.5) is 0 Å². The lowest BCUT2D eigenvalue weighted by Gasteiger charge is -2.24. The fourth-order valence-electron chi connectivity index (χ4n) is 3.64. The largest absolute Gasteiger partial charge is 0.497 e. The number of hydrogen-bond donors (Lipinski definition) is 1. The number of likely N-dealkylation sites (tertiary alicyclic amines) is 1. The highest BCUT2D eigenvalue weighted by Gasteiger charge is 2.32. The van der Waals surface area contributed by atoms with E-state index in [1.807, 2.05) is 29.3 Å². The van der Waals surface area contributed by atoms with Crippen molar-refractivity contribution < 1.29 is 9.53 Å². The summed E-state index contributed by atoms with van der Waals surface area (Å²) in [4.78, 5) is 19.5. The van der Waals surface area contributed by atoms with Crippen LogP contribution in [-0.4, -0.2) is 40.6 Å². The molecule has 1 aromatic carbocycles. The van der Waals surface area contributed by atoms with Gasteiger partial charge < -0.3 is 19.5 Å². The first-order valence-electron chi connectivity index (χ1n) is 8.48. The molecule has 0 unspecified atom stereocenters. The molecule has 2 aliphatic rings. The van der Waals surface area contributed by atoms with Crippen molar-refractivity contribution in [2.75, 3.05) is 20.2 Å². The van der Waals surface area contributed by atoms with Gasteiger partial charge in [-0.05, 0) is 30.5 Å². The number of amides is 1. The van der Waals surface area contributed by atoms with E-state index in [2.05, 4.69) is 20.9 Å². The number of rotatable bonds is 3. The monoisotopic (exact) mass is 326 g/mol. The van der Waals surface area contributed by atoms with Crippen LogP contribution in [0, 0.1) is 0 Å². The van der Waals surface area contributed by atoms with Gasteiger partial charge >= 0.3 is 0 Å². The summed E-state index contributed by atoms with van der Waals surface area (Å²) in [5, 5.41) is 3.29. The van der Waals surface area contributed by atoms with E-state index >= 15 is 0 Å². The summed E-state index contributed by atoms with van der Waals surface area (Å²) in [6.45, 7) is 3.30. The number of hydrogen-bond acceptors (Lipinski definition) is 4. The summed E-state index contributed by atoms with van der Waals surface area (Å²) >= 11 is 0. The van der Waals surface area contributed by atoms with Gasteiger partial charge in [0.15, 0.2) is 0 Å². The van der Waals surface area contributed by atoms with Crippen molar-refractivity contribution in [3.05, 3.63) is 47.5 Å². The van der Waals surface area contributed by atoms with E-state index in [0.717, 1.165) is 56.2 Å². The third-order valence-corrected chi connectivity index (χ3v) is 4.88. The van der Waals surface area contributed by atoms with Crippen LogP contribution in [0.3, 0.4) is 0 Å². The number of nitrogens with one attached hydrogen (secondary N) is 1. The van der Waals surface area contributed by atoms with Gasteiger partial charge in [-0.25, -0.2) is 4.98 Å². The molecule has 0 aliphatic carbocycles. The van der Waals surface area contributed by atoms with Gasteiger partial charge in [0.25, 0.3) is 5.91 Å². The van der Waals surface area contributed by atoms with Gasteiger partial charge in [-0.1, -0.05) is 12.1 Å². The van der Waals surface area contributed by atoms with Crippen LogP contribution in [-0.2, 0) is 13.1 Å². The van der Waals surface area contributed by atoms with Gasteiger partial charge in [-0.15, -0.1) is 0 Å². The predicted octanol–water partition coefficient (Wildman–Crippen LogP) is 1.97. The number of aromatic nitrogens is 2. The van der Waals surface area contributed by atoms with E-state index in [0.29, 0.717) is 5.69 Å². The van der Waals surface area contributed by atoms with Gasteiger partial charge in [-0.3, -0.25) is 4.79 Å². The molecule has 24 heavy (non-hydrogen) atoms. The molecule has 1 aromatic heterocycles. The summed E-state index contributed by atoms with van der Waals surface area (Å²) in [5.41, 5.74) is 1.69. The second kappa shape index (κ2) is 6.28. The number of methoxy groups -OCH3 is 1. The van der Waals surface area contributed by atoms with E-state index in [9.17, 15) is 4.79 Å². The van der Waals surface area contributed by atoms with E-state index in [1.54, 1.807) is 7.11 Å². The molecule has 1 saturated heterocycles. The summed E-state index contributed by atoms with van der Waals surface area (Å²) in [5.74, 6) is 1.80. The van der Waals surface area contributed by atoms with Crippen molar-refractivity contribution in [1.82, 2.24) is 19.8 Å². The van der Waals surface area contributed by atoms with Crippen molar-refractivity contribution in [2.24, 2.45) is 0 Å². The molecular weight excluding hydrogens is 304 g/mol. The van der Waals surface area contributed by atoms with Crippen LogP contribution in [0.2, 0.25) is 0 Å². The Kier molecular flexibility index (Phi) is 3.98. The Morgan fingerprint density at radius 1 is 1.38 bits per heavy atom. The number of nitrogens with zero attached hydrogens (tertiary/aromatic N) is 3. The zero-order chi connectivity index (χ0) is 16.5. The molecule has 6 nitrogen and oxygen atoms in total. The molecule has 4 rings (SSSR count). The second-order valence-corrected chi connectivity index (χ2v) is 6.35. The first-order valence-corrected chi connectivity index (χ1v) is 8.48. The Morgan fingerprint density at radius 3 is 3.12 bits per heavy atom. The second-order valence-electron chi connectivity index (χ2n) is 6.35. The lowest BCUT2D eigenvalue weighted by atomic mass is 10.0. The Bertz CT molecular complexity index is 732. The molecule has 0 radical (unpaired) electrons. The number of benzene rings is 1. The van der Waals surface area contributed by atoms with Crippen LogP contribution in [0.15, 0.2) is 30.5 Å². The zero-order valence-electron chi connectivity index (χ0n) is 13.9. The minimum Gasteiger partial charge on any atom is -0.497 e. The maximum Gasteiger partial charge on any atom is 0.274 e. The van der Waals surface area contributed by atoms with Crippen LogP contribution in [0.5, 0.6) is 5.75 Å². The van der Waals surface area contributed by atoms with Crippen LogP contribution in [0.1, 0.15) is 40.8 Å². The van der Waals surface area contributed by atoms with Gasteiger partial charge in [0.2, 0.25) is 0 Å². The number of ether oxygens (including phenoxy) is 1. The lowest BCUT2D eigenvalue weighted by molar-refractivity contribution is 0.0730. The fraction of sp³-hybridized carbons (Fsp3) is 0.444. The van der Waals surface area contributed by atoms with E-state index < -0.39 is 0 Å². The van der Waals surface area contributed by atoms with Crippen LogP contribution >= 0.6 is 0 Å². The maximum absolute atomic E-state index is 13.0. The highest BCUT2D eigenvalue weighted by atomic mass is 16.5. The smallest absolute Gasteiger partial charge is 0.274 e. The minimum atomic E-state index is 0.0298. The number of carbonyl (C=O) groups excluding carboxylic acids is 1. The third kappa shape index (κ3) is 2.67. The molecule has 1 N–H and O–H groups in total. The topological polar surface area (TPSA) is 59.4 Å². The van der Waals surface area contributed by atoms with Crippen molar-refractivity contribution in [3.8, 4) is 5.75 Å². The average Bonchev–Trinajstić information content (AvgIpc) is 3.28. The molecule has 1 fully saturated rings. The first kappa shape index (κ1) is 15.2. The molecule has 2 aromatic rings. The molecule has 6 heteroatoms. The molecule has 0 saturated carbocycles. The van der Waals surface area contributed by atoms with Gasteiger partial charge in [0.1, 0.15) is 17.3 Å². The van der Waals surface area contributed by atoms with Crippen LogP contribution < -0.4 is 10.1 Å². The number of carbonyl (C=O) groups is 1. The first-order chi connectivity index (χ1) is 11.8. The standard InChI is InChI=1S/C18H22N4O2/c1-24-14-5-2-4-13(10-14)16-6-3-8-22(16)18(23)15-12-21-9-7-19-11-17(21)20-15/h2,4-5,10,12,16,19H,3,6-9,11H2,1H3/t16-/m1/s1. The molecule has 2 aliphatic heterocycles. The van der Waals surface area contributed by atoms with Crippen molar-refractivity contribution in [1.29, 1.82) is 0 Å². The summed E-state index contributed by atoms with van der Waals surface area (Å²) < 4.78 is 7.41. The molecule has 1 atom stereocenters. The Hall–Kier alpha value is -2.34. The molecule has 3 heterocycles. The SMILES string of the molecule is COc1cccc([C@H]2CCCN2C(=O)c2cn3c(n2)CNCC3)c1. The van der Waals surface area contributed by atoms with Crippen molar-refractivity contribution in [2.45, 2.75) is 32.0 Å². The predicted molar refractivity (Wildman–Crippen MR) is 89.9 cm³/mol. The van der Waals surface area contributed by atoms with Crippen LogP contribution in [0.25, 0.3) is 0 Å². The van der Waals surface area contributed by atoms with Gasteiger partial charge in [0.05, 0.1) is 19.7 Å². The lowest BCUT2D eigenvalue weighted by Crippen LogP contribution is -2.30. The normalized spacial score (nSPS) is 20.0. The molecule has 126 valence electrons. The Morgan fingerprint density at radius 2 is 2.29 bits per heavy atom. The third-order valence-electron chi connectivity index (χ3n) is 4.88. The van der Waals surface area contributed by atoms with E-state index in [1.165, 1.54) is 0 Å². The quantitative estimate of drug-likeness (QED) is 0.937. The van der Waals surface area contributed by atoms with E-state index in [4.69, 9.17) is 4.74 Å². The summed E-state index contributed by atoms with van der Waals surface area (Å²) in [6, 6.07) is 8.11. The summed E-state index contributed by atoms with van der Waals surface area (Å²) in [6.07, 6.45) is 3.90. The molecular formula is C18H22N4O2. The molecule has 0 bridgehead atoms. The van der Waals surface area contributed by atoms with Crippen molar-refractivity contribution in [3.63, 3.8) is 0 Å². The fourth-order valence-corrected chi connectivity index (χ4v) is 3.64. The number of imidazole rings is 1.